The average Bonchev–Trinajstić information content (AvgIpc) is 2.68. The van der Waals surface area contributed by atoms with Crippen molar-refractivity contribution >= 4 is 0 Å². The number of ether oxygens (including phenoxy) is 1. The quantitative estimate of drug-likeness (QED) is 0.818. The Kier molecular flexibility index (Phi) is 5.64. The van der Waals surface area contributed by atoms with E-state index in [1.165, 1.54) is 44.1 Å². The average molecular weight is 262 g/mol. The van der Waals surface area contributed by atoms with E-state index in [1.54, 1.807) is 0 Å². The third-order valence-corrected chi connectivity index (χ3v) is 3.86. The Balaban J connectivity index is 1.90. The van der Waals surface area contributed by atoms with E-state index in [9.17, 15) is 0 Å². The minimum absolute atomic E-state index is 0.351. The molecular weight excluding hydrogens is 236 g/mol. The first kappa shape index (κ1) is 14.3. The number of aromatic nitrogens is 1. The van der Waals surface area contributed by atoms with Gasteiger partial charge in [0.2, 0.25) is 5.88 Å². The van der Waals surface area contributed by atoms with E-state index in [0.29, 0.717) is 12.1 Å². The molecule has 1 atom stereocenters. The second-order valence-corrected chi connectivity index (χ2v) is 5.44. The summed E-state index contributed by atoms with van der Waals surface area (Å²) in [5, 5.41) is 3.39. The molecule has 1 aliphatic carbocycles. The fraction of sp³-hybridized carbons (Fsp3) is 0.688. The van der Waals surface area contributed by atoms with Crippen molar-refractivity contribution < 1.29 is 4.74 Å². The van der Waals surface area contributed by atoms with Gasteiger partial charge in [0.25, 0.3) is 0 Å². The highest BCUT2D eigenvalue weighted by molar-refractivity contribution is 5.20. The summed E-state index contributed by atoms with van der Waals surface area (Å²) in [6, 6.07) is 4.48. The number of hydrogen-bond acceptors (Lipinski definition) is 3. The molecule has 0 bridgehead atoms. The molecule has 0 amide bonds. The van der Waals surface area contributed by atoms with Gasteiger partial charge >= 0.3 is 0 Å². The second-order valence-electron chi connectivity index (χ2n) is 5.44. The Labute approximate surface area is 116 Å². The van der Waals surface area contributed by atoms with Gasteiger partial charge in [-0.25, -0.2) is 4.98 Å². The smallest absolute Gasteiger partial charge is 0.213 e. The Morgan fingerprint density at radius 1 is 1.26 bits per heavy atom. The van der Waals surface area contributed by atoms with Crippen molar-refractivity contribution in [3.8, 4) is 5.88 Å². The first-order valence-corrected chi connectivity index (χ1v) is 7.65. The van der Waals surface area contributed by atoms with Gasteiger partial charge in [-0.3, -0.25) is 0 Å². The highest BCUT2D eigenvalue weighted by Gasteiger charge is 2.14. The van der Waals surface area contributed by atoms with Gasteiger partial charge in [-0.15, -0.1) is 0 Å². The molecule has 1 fully saturated rings. The molecule has 1 aromatic rings. The highest BCUT2D eigenvalue weighted by Crippen LogP contribution is 2.22. The summed E-state index contributed by atoms with van der Waals surface area (Å²) >= 11 is 0. The summed E-state index contributed by atoms with van der Waals surface area (Å²) in [5.41, 5.74) is 1.22. The van der Waals surface area contributed by atoms with Crippen LogP contribution in [0.3, 0.4) is 0 Å². The normalized spacial score (nSPS) is 18.8. The summed E-state index contributed by atoms with van der Waals surface area (Å²) in [5.74, 6) is 0.777. The zero-order valence-corrected chi connectivity index (χ0v) is 12.2. The topological polar surface area (TPSA) is 34.1 Å². The number of rotatable bonds is 5. The number of pyridine rings is 1. The molecule has 2 rings (SSSR count). The van der Waals surface area contributed by atoms with Gasteiger partial charge in [0.1, 0.15) is 6.10 Å². The maximum absolute atomic E-state index is 6.00. The van der Waals surface area contributed by atoms with Gasteiger partial charge in [0, 0.05) is 18.3 Å². The van der Waals surface area contributed by atoms with E-state index < -0.39 is 0 Å². The van der Waals surface area contributed by atoms with Crippen LogP contribution in [-0.2, 0) is 0 Å². The monoisotopic (exact) mass is 262 g/mol. The van der Waals surface area contributed by atoms with Crippen LogP contribution in [0.5, 0.6) is 5.88 Å². The predicted molar refractivity (Wildman–Crippen MR) is 78.4 cm³/mol. The molecule has 0 aliphatic heterocycles. The standard InChI is InChI=1S/C16H26N2O/c1-3-17-13(2)14-10-11-16(18-12-14)19-15-8-6-4-5-7-9-15/h10-13,15,17H,3-9H2,1-2H3. The van der Waals surface area contributed by atoms with Crippen LogP contribution in [0.2, 0.25) is 0 Å². The zero-order valence-electron chi connectivity index (χ0n) is 12.2. The summed E-state index contributed by atoms with van der Waals surface area (Å²) in [4.78, 5) is 4.44. The molecule has 1 heterocycles. The van der Waals surface area contributed by atoms with Crippen LogP contribution in [0.4, 0.5) is 0 Å². The lowest BCUT2D eigenvalue weighted by Gasteiger charge is -2.17. The van der Waals surface area contributed by atoms with E-state index in [2.05, 4.69) is 30.2 Å². The van der Waals surface area contributed by atoms with Crippen molar-refractivity contribution in [2.45, 2.75) is 64.5 Å². The van der Waals surface area contributed by atoms with E-state index in [4.69, 9.17) is 4.74 Å². The van der Waals surface area contributed by atoms with Crippen LogP contribution in [0.25, 0.3) is 0 Å². The molecule has 1 unspecified atom stereocenters. The lowest BCUT2D eigenvalue weighted by atomic mass is 10.1. The van der Waals surface area contributed by atoms with Crippen LogP contribution >= 0.6 is 0 Å². The van der Waals surface area contributed by atoms with E-state index in [0.717, 1.165) is 12.4 Å². The van der Waals surface area contributed by atoms with Crippen molar-refractivity contribution in [1.82, 2.24) is 10.3 Å². The predicted octanol–water partition coefficient (Wildman–Crippen LogP) is 3.85. The molecule has 19 heavy (non-hydrogen) atoms. The van der Waals surface area contributed by atoms with Crippen molar-refractivity contribution in [2.24, 2.45) is 0 Å². The van der Waals surface area contributed by atoms with Crippen molar-refractivity contribution in [3.63, 3.8) is 0 Å². The molecule has 3 heteroatoms. The maximum atomic E-state index is 6.00. The first-order valence-electron chi connectivity index (χ1n) is 7.65. The number of hydrogen-bond donors (Lipinski definition) is 1. The molecule has 106 valence electrons. The third kappa shape index (κ3) is 4.50. The van der Waals surface area contributed by atoms with Gasteiger partial charge < -0.3 is 10.1 Å². The highest BCUT2D eigenvalue weighted by atomic mass is 16.5. The van der Waals surface area contributed by atoms with Gasteiger partial charge in [-0.2, -0.15) is 0 Å². The summed E-state index contributed by atoms with van der Waals surface area (Å²) < 4.78 is 6.00. The van der Waals surface area contributed by atoms with Crippen molar-refractivity contribution in [3.05, 3.63) is 23.9 Å². The van der Waals surface area contributed by atoms with Crippen molar-refractivity contribution in [2.75, 3.05) is 6.54 Å². The van der Waals surface area contributed by atoms with Crippen molar-refractivity contribution in [1.29, 1.82) is 0 Å². The van der Waals surface area contributed by atoms with Crippen LogP contribution in [0, 0.1) is 0 Å². The number of nitrogens with zero attached hydrogens (tertiary/aromatic N) is 1. The minimum atomic E-state index is 0.351. The fourth-order valence-corrected chi connectivity index (χ4v) is 2.67. The van der Waals surface area contributed by atoms with E-state index in [1.807, 2.05) is 12.3 Å². The fourth-order valence-electron chi connectivity index (χ4n) is 2.67. The molecule has 1 N–H and O–H groups in total. The van der Waals surface area contributed by atoms with Crippen LogP contribution in [-0.4, -0.2) is 17.6 Å². The molecule has 0 aromatic carbocycles. The molecule has 1 aromatic heterocycles. The Morgan fingerprint density at radius 2 is 2.00 bits per heavy atom. The zero-order chi connectivity index (χ0) is 13.5. The molecule has 1 saturated carbocycles. The Hall–Kier alpha value is -1.09. The van der Waals surface area contributed by atoms with Crippen LogP contribution in [0.15, 0.2) is 18.3 Å². The lowest BCUT2D eigenvalue weighted by molar-refractivity contribution is 0.176. The Morgan fingerprint density at radius 3 is 2.58 bits per heavy atom. The summed E-state index contributed by atoms with van der Waals surface area (Å²) in [6.45, 7) is 5.25. The molecule has 0 spiro atoms. The molecule has 0 saturated heterocycles. The summed E-state index contributed by atoms with van der Waals surface area (Å²) in [7, 11) is 0. The molecule has 0 radical (unpaired) electrons. The Bertz CT molecular complexity index is 356. The largest absolute Gasteiger partial charge is 0.474 e. The second kappa shape index (κ2) is 7.49. The lowest BCUT2D eigenvalue weighted by Crippen LogP contribution is -2.18. The van der Waals surface area contributed by atoms with Gasteiger partial charge in [0.15, 0.2) is 0 Å². The maximum Gasteiger partial charge on any atom is 0.213 e. The van der Waals surface area contributed by atoms with Gasteiger partial charge in [0.05, 0.1) is 0 Å². The molecular formula is C16H26N2O. The molecule has 1 aliphatic rings. The van der Waals surface area contributed by atoms with E-state index in [-0.39, 0.29) is 0 Å². The van der Waals surface area contributed by atoms with Gasteiger partial charge in [-0.05, 0) is 44.7 Å². The van der Waals surface area contributed by atoms with E-state index >= 15 is 0 Å². The molecule has 3 nitrogen and oxygen atoms in total. The third-order valence-electron chi connectivity index (χ3n) is 3.86. The number of nitrogens with one attached hydrogen (secondary N) is 1. The SMILES string of the molecule is CCNC(C)c1ccc(OC2CCCCCC2)nc1. The minimum Gasteiger partial charge on any atom is -0.474 e. The first-order chi connectivity index (χ1) is 9.29. The van der Waals surface area contributed by atoms with Crippen LogP contribution < -0.4 is 10.1 Å². The van der Waals surface area contributed by atoms with Gasteiger partial charge in [-0.1, -0.05) is 25.8 Å². The summed E-state index contributed by atoms with van der Waals surface area (Å²) in [6.07, 6.45) is 9.94. The van der Waals surface area contributed by atoms with Crippen LogP contribution in [0.1, 0.15) is 64.0 Å².